The Hall–Kier alpha value is -6.52. The second-order valence-corrected chi connectivity index (χ2v) is 26.0. The molecule has 16 nitrogen and oxygen atoms in total. The summed E-state index contributed by atoms with van der Waals surface area (Å²) in [6.07, 6.45) is -1.96. The van der Waals surface area contributed by atoms with Gasteiger partial charge in [-0.1, -0.05) is 78.8 Å². The first-order valence-corrected chi connectivity index (χ1v) is 27.3. The van der Waals surface area contributed by atoms with E-state index in [0.717, 1.165) is 78.5 Å². The molecular formula is C62H86N6O10. The van der Waals surface area contributed by atoms with Crippen molar-refractivity contribution in [3.8, 4) is 11.5 Å². The van der Waals surface area contributed by atoms with Gasteiger partial charge in [0.2, 0.25) is 0 Å². The quantitative estimate of drug-likeness (QED) is 0.183. The average molecular weight is 1080 g/mol. The molecule has 0 aliphatic carbocycles. The fourth-order valence-corrected chi connectivity index (χ4v) is 11.1. The second-order valence-electron chi connectivity index (χ2n) is 26.0. The number of hydrogen-bond donors (Lipinski definition) is 1. The summed E-state index contributed by atoms with van der Waals surface area (Å²) < 4.78 is 27.9. The van der Waals surface area contributed by atoms with Crippen LogP contribution in [0.15, 0.2) is 66.7 Å². The lowest BCUT2D eigenvalue weighted by Crippen LogP contribution is -2.49. The van der Waals surface area contributed by atoms with E-state index in [-0.39, 0.29) is 23.0 Å². The predicted octanol–water partition coefficient (Wildman–Crippen LogP) is 13.0. The first-order valence-electron chi connectivity index (χ1n) is 27.3. The van der Waals surface area contributed by atoms with Gasteiger partial charge in [-0.3, -0.25) is 9.80 Å². The molecule has 4 aromatic carbocycles. The number of fused-ring (bicyclic) bond motifs is 4. The first-order chi connectivity index (χ1) is 36.1. The number of nitrogens with zero attached hydrogens (tertiary/aromatic N) is 6. The Bertz CT molecular complexity index is 2890. The van der Waals surface area contributed by atoms with Crippen molar-refractivity contribution in [3.63, 3.8) is 0 Å². The lowest BCUT2D eigenvalue weighted by atomic mass is 9.66. The molecule has 4 amide bonds. The van der Waals surface area contributed by atoms with Crippen LogP contribution in [-0.4, -0.2) is 132 Å². The fourth-order valence-electron chi connectivity index (χ4n) is 11.1. The van der Waals surface area contributed by atoms with Crippen LogP contribution in [0.3, 0.4) is 0 Å². The summed E-state index contributed by atoms with van der Waals surface area (Å²) in [6.45, 7) is 39.2. The molecule has 4 heterocycles. The molecule has 0 saturated carbocycles. The standard InChI is InChI=1S/2C31H43N3O5/c1-29(2,3)38-27(35)33-16-14-32(15-17-33)20-21-10-13-25-24(18-21)31(7,8)23-12-11-22(37-9)19-26(23)34(25)28(36)39-30(4,5)6;1-29(2,3)25-20(19-32-14-16-33(17-15-32)28(37)39-30(4,5)6)10-13-23-26(25)31(7,8)22-12-11-21(38-9)18-24(22)34(23)27(35)36/h10-13,18-19H,14-17,20H2,1-9H3;10-13,18H,14-17,19H2,1-9H3,(H,35,36). The molecule has 0 bridgehead atoms. The molecule has 0 aromatic heterocycles. The van der Waals surface area contributed by atoms with Gasteiger partial charge in [0.05, 0.1) is 37.0 Å². The van der Waals surface area contributed by atoms with Gasteiger partial charge in [-0.25, -0.2) is 29.0 Å². The summed E-state index contributed by atoms with van der Waals surface area (Å²) in [5, 5.41) is 10.4. The van der Waals surface area contributed by atoms with Gasteiger partial charge >= 0.3 is 24.4 Å². The molecule has 424 valence electrons. The largest absolute Gasteiger partial charge is 0.497 e. The van der Waals surface area contributed by atoms with Crippen LogP contribution < -0.4 is 19.3 Å². The summed E-state index contributed by atoms with van der Waals surface area (Å²) in [5.74, 6) is 1.31. The molecule has 2 saturated heterocycles. The Morgan fingerprint density at radius 3 is 1.37 bits per heavy atom. The maximum atomic E-state index is 13.5. The molecule has 8 rings (SSSR count). The number of methoxy groups -OCH3 is 2. The van der Waals surface area contributed by atoms with E-state index in [9.17, 15) is 24.3 Å². The van der Waals surface area contributed by atoms with Crippen molar-refractivity contribution >= 4 is 47.1 Å². The predicted molar refractivity (Wildman–Crippen MR) is 307 cm³/mol. The Morgan fingerprint density at radius 1 is 0.487 bits per heavy atom. The lowest BCUT2D eigenvalue weighted by Gasteiger charge is -2.44. The molecule has 0 spiro atoms. The maximum absolute atomic E-state index is 13.5. The van der Waals surface area contributed by atoms with E-state index in [1.54, 1.807) is 28.9 Å². The summed E-state index contributed by atoms with van der Waals surface area (Å²) >= 11 is 0. The zero-order chi connectivity index (χ0) is 57.7. The number of rotatable bonds is 6. The Balaban J connectivity index is 0.000000226. The summed E-state index contributed by atoms with van der Waals surface area (Å²) in [4.78, 5) is 62.5. The number of amides is 4. The molecular weight excluding hydrogens is 989 g/mol. The number of piperazine rings is 2. The minimum atomic E-state index is -1.02. The van der Waals surface area contributed by atoms with Crippen LogP contribution in [0.4, 0.5) is 41.9 Å². The van der Waals surface area contributed by atoms with Crippen molar-refractivity contribution in [3.05, 3.63) is 106 Å². The van der Waals surface area contributed by atoms with Gasteiger partial charge in [-0.2, -0.15) is 0 Å². The third kappa shape index (κ3) is 13.0. The van der Waals surface area contributed by atoms with Crippen molar-refractivity contribution < 1.29 is 48.0 Å². The number of hydrogen-bond acceptors (Lipinski definition) is 11. The van der Waals surface area contributed by atoms with Crippen LogP contribution in [0.25, 0.3) is 0 Å². The topological polar surface area (TPSA) is 154 Å². The molecule has 0 atom stereocenters. The zero-order valence-corrected chi connectivity index (χ0v) is 49.7. The van der Waals surface area contributed by atoms with Crippen LogP contribution in [0.5, 0.6) is 11.5 Å². The second kappa shape index (κ2) is 22.0. The molecule has 0 radical (unpaired) electrons. The molecule has 16 heteroatoms. The summed E-state index contributed by atoms with van der Waals surface area (Å²) in [5.41, 5.74) is 7.85. The smallest absolute Gasteiger partial charge is 0.419 e. The fraction of sp³-hybridized carbons (Fsp3) is 0.548. The number of carboxylic acid groups (broad SMARTS) is 1. The molecule has 0 unspecified atom stereocenters. The van der Waals surface area contributed by atoms with Gasteiger partial charge in [-0.15, -0.1) is 0 Å². The Kier molecular flexibility index (Phi) is 16.7. The van der Waals surface area contributed by atoms with Gasteiger partial charge < -0.3 is 38.6 Å². The van der Waals surface area contributed by atoms with Gasteiger partial charge in [0.25, 0.3) is 0 Å². The molecule has 4 aliphatic rings. The van der Waals surface area contributed by atoms with Crippen molar-refractivity contribution in [2.24, 2.45) is 0 Å². The van der Waals surface area contributed by atoms with E-state index in [1.807, 2.05) is 111 Å². The van der Waals surface area contributed by atoms with E-state index in [4.69, 9.17) is 23.7 Å². The number of ether oxygens (including phenoxy) is 5. The SMILES string of the molecule is COc1ccc2c(c1)N(C(=O)O)c1ccc(CN3CCN(C(=O)OC(C)(C)C)CC3)c(C(C)(C)C)c1C2(C)C.COc1ccc2c(c1)N(C(=O)OC(C)(C)C)c1ccc(CN3CCN(C(=O)OC(C)(C)C)CC3)cc1C2(C)C. The number of carbonyl (C=O) groups is 4. The van der Waals surface area contributed by atoms with Gasteiger partial charge in [0.1, 0.15) is 28.3 Å². The molecule has 2 fully saturated rings. The van der Waals surface area contributed by atoms with E-state index in [2.05, 4.69) is 76.5 Å². The van der Waals surface area contributed by atoms with E-state index >= 15 is 0 Å². The van der Waals surface area contributed by atoms with Crippen LogP contribution in [0, 0.1) is 0 Å². The normalized spacial score (nSPS) is 17.3. The first kappa shape index (κ1) is 59.1. The molecule has 78 heavy (non-hydrogen) atoms. The maximum Gasteiger partial charge on any atom is 0.419 e. The van der Waals surface area contributed by atoms with Gasteiger partial charge in [0, 0.05) is 88.4 Å². The van der Waals surface area contributed by atoms with E-state index < -0.39 is 34.4 Å². The average Bonchev–Trinajstić information content (AvgIpc) is 3.53. The zero-order valence-electron chi connectivity index (χ0n) is 49.7. The van der Waals surface area contributed by atoms with Crippen LogP contribution in [-0.2, 0) is 43.5 Å². The highest BCUT2D eigenvalue weighted by molar-refractivity contribution is 6.01. The van der Waals surface area contributed by atoms with Crippen LogP contribution in [0.1, 0.15) is 150 Å². The highest BCUT2D eigenvalue weighted by atomic mass is 16.6. The van der Waals surface area contributed by atoms with E-state index in [0.29, 0.717) is 49.1 Å². The lowest BCUT2D eigenvalue weighted by molar-refractivity contribution is 0.0129. The van der Waals surface area contributed by atoms with Crippen molar-refractivity contribution in [1.82, 2.24) is 19.6 Å². The van der Waals surface area contributed by atoms with Crippen LogP contribution in [0.2, 0.25) is 0 Å². The highest BCUT2D eigenvalue weighted by Crippen LogP contribution is 2.54. The third-order valence-electron chi connectivity index (χ3n) is 14.7. The monoisotopic (exact) mass is 1070 g/mol. The number of anilines is 4. The number of carbonyl (C=O) groups excluding carboxylic acids is 3. The van der Waals surface area contributed by atoms with Crippen molar-refractivity contribution in [2.45, 2.75) is 157 Å². The Morgan fingerprint density at radius 2 is 0.923 bits per heavy atom. The third-order valence-corrected chi connectivity index (χ3v) is 14.7. The van der Waals surface area contributed by atoms with Gasteiger partial charge in [-0.05, 0) is 131 Å². The van der Waals surface area contributed by atoms with Crippen LogP contribution >= 0.6 is 0 Å². The minimum Gasteiger partial charge on any atom is -0.497 e. The van der Waals surface area contributed by atoms with Crippen molar-refractivity contribution in [2.75, 3.05) is 76.4 Å². The summed E-state index contributed by atoms with van der Waals surface area (Å²) in [6, 6.07) is 21.9. The molecule has 4 aliphatic heterocycles. The summed E-state index contributed by atoms with van der Waals surface area (Å²) in [7, 11) is 3.22. The van der Waals surface area contributed by atoms with Gasteiger partial charge in [0.15, 0.2) is 0 Å². The highest BCUT2D eigenvalue weighted by Gasteiger charge is 2.44. The minimum absolute atomic E-state index is 0.232. The molecule has 1 N–H and O–H groups in total. The van der Waals surface area contributed by atoms with Crippen molar-refractivity contribution in [1.29, 1.82) is 0 Å². The molecule has 4 aromatic rings. The number of benzene rings is 4. The van der Waals surface area contributed by atoms with E-state index in [1.165, 1.54) is 16.0 Å². The Labute approximate surface area is 463 Å².